The molecule has 0 aliphatic heterocycles. The quantitative estimate of drug-likeness (QED) is 0.623. The van der Waals surface area contributed by atoms with E-state index in [1.807, 2.05) is 25.1 Å². The average Bonchev–Trinajstić information content (AvgIpc) is 2.52. The number of hydrogen-bond acceptors (Lipinski definition) is 4. The van der Waals surface area contributed by atoms with Crippen LogP contribution in [0.15, 0.2) is 47.6 Å². The maximum absolute atomic E-state index is 11.0. The van der Waals surface area contributed by atoms with Crippen LogP contribution in [0.2, 0.25) is 5.02 Å². The number of benzene rings is 2. The Hall–Kier alpha value is -2.53. The number of carbonyl (C=O) groups is 1. The molecule has 0 saturated heterocycles. The van der Waals surface area contributed by atoms with Gasteiger partial charge in [-0.3, -0.25) is 10.2 Å². The molecule has 0 radical (unpaired) electrons. The fraction of sp³-hybridized carbons (Fsp3) is 0.176. The first-order valence-corrected chi connectivity index (χ1v) is 7.32. The summed E-state index contributed by atoms with van der Waals surface area (Å²) in [7, 11) is 1.52. The predicted molar refractivity (Wildman–Crippen MR) is 91.6 cm³/mol. The highest BCUT2D eigenvalue weighted by Crippen LogP contribution is 2.21. The molecule has 0 saturated carbocycles. The van der Waals surface area contributed by atoms with Gasteiger partial charge in [-0.1, -0.05) is 17.7 Å². The van der Waals surface area contributed by atoms with E-state index in [0.29, 0.717) is 16.3 Å². The van der Waals surface area contributed by atoms with Crippen molar-refractivity contribution in [2.24, 2.45) is 5.10 Å². The maximum Gasteiger partial charge on any atom is 0.307 e. The van der Waals surface area contributed by atoms with E-state index in [9.17, 15) is 4.79 Å². The van der Waals surface area contributed by atoms with Crippen molar-refractivity contribution < 1.29 is 14.6 Å². The molecule has 2 rings (SSSR count). The minimum Gasteiger partial charge on any atom is -0.496 e. The number of nitrogens with zero attached hydrogens (tertiary/aromatic N) is 1. The van der Waals surface area contributed by atoms with Gasteiger partial charge in [-0.05, 0) is 48.9 Å². The van der Waals surface area contributed by atoms with Crippen LogP contribution in [0.1, 0.15) is 18.1 Å². The second-order valence-electron chi connectivity index (χ2n) is 4.92. The zero-order valence-corrected chi connectivity index (χ0v) is 13.6. The molecule has 23 heavy (non-hydrogen) atoms. The third-order valence-electron chi connectivity index (χ3n) is 3.22. The molecule has 0 unspecified atom stereocenters. The van der Waals surface area contributed by atoms with E-state index in [-0.39, 0.29) is 6.42 Å². The average molecular weight is 333 g/mol. The van der Waals surface area contributed by atoms with Crippen molar-refractivity contribution >= 4 is 29.0 Å². The lowest BCUT2D eigenvalue weighted by molar-refractivity contribution is -0.136. The van der Waals surface area contributed by atoms with Crippen LogP contribution in [-0.2, 0) is 11.2 Å². The molecular formula is C17H17ClN2O3. The minimum atomic E-state index is -0.910. The van der Waals surface area contributed by atoms with E-state index in [4.69, 9.17) is 21.4 Å². The molecule has 6 heteroatoms. The molecule has 2 aromatic rings. The summed E-state index contributed by atoms with van der Waals surface area (Å²) in [6.07, 6.45) is -0.105. The summed E-state index contributed by atoms with van der Waals surface area (Å²) in [6, 6.07) is 12.6. The molecule has 0 amide bonds. The number of carboxylic acid groups (broad SMARTS) is 1. The molecule has 0 aliphatic carbocycles. The van der Waals surface area contributed by atoms with Crippen molar-refractivity contribution in [3.05, 3.63) is 58.6 Å². The second kappa shape index (κ2) is 7.65. The van der Waals surface area contributed by atoms with Crippen LogP contribution < -0.4 is 10.2 Å². The number of nitrogens with one attached hydrogen (secondary N) is 1. The van der Waals surface area contributed by atoms with E-state index in [0.717, 1.165) is 17.0 Å². The van der Waals surface area contributed by atoms with Crippen molar-refractivity contribution in [3.63, 3.8) is 0 Å². The lowest BCUT2D eigenvalue weighted by atomic mass is 10.0. The van der Waals surface area contributed by atoms with Gasteiger partial charge in [0, 0.05) is 10.6 Å². The maximum atomic E-state index is 11.0. The Morgan fingerprint density at radius 3 is 2.74 bits per heavy atom. The number of rotatable bonds is 6. The van der Waals surface area contributed by atoms with Crippen molar-refractivity contribution in [1.29, 1.82) is 0 Å². The zero-order valence-electron chi connectivity index (χ0n) is 12.8. The van der Waals surface area contributed by atoms with Gasteiger partial charge in [0.2, 0.25) is 0 Å². The number of ether oxygens (including phenoxy) is 1. The molecule has 120 valence electrons. The van der Waals surface area contributed by atoms with E-state index in [2.05, 4.69) is 10.5 Å². The molecular weight excluding hydrogens is 316 g/mol. The third kappa shape index (κ3) is 4.72. The number of methoxy groups -OCH3 is 1. The van der Waals surface area contributed by atoms with Gasteiger partial charge in [-0.25, -0.2) is 0 Å². The summed E-state index contributed by atoms with van der Waals surface area (Å²) >= 11 is 5.92. The Morgan fingerprint density at radius 1 is 1.30 bits per heavy atom. The van der Waals surface area contributed by atoms with E-state index < -0.39 is 5.97 Å². The second-order valence-corrected chi connectivity index (χ2v) is 5.35. The highest BCUT2D eigenvalue weighted by Gasteiger charge is 2.10. The molecule has 0 aliphatic rings. The van der Waals surface area contributed by atoms with E-state index in [1.54, 1.807) is 24.3 Å². The van der Waals surface area contributed by atoms with Crippen LogP contribution in [0.25, 0.3) is 0 Å². The number of halogens is 1. The number of aliphatic carboxylic acids is 1. The minimum absolute atomic E-state index is 0.105. The lowest BCUT2D eigenvalue weighted by Gasteiger charge is -2.10. The largest absolute Gasteiger partial charge is 0.496 e. The van der Waals surface area contributed by atoms with Gasteiger partial charge in [-0.2, -0.15) is 5.10 Å². The monoisotopic (exact) mass is 332 g/mol. The summed E-state index contributed by atoms with van der Waals surface area (Å²) in [5.74, 6) is -0.362. The summed E-state index contributed by atoms with van der Waals surface area (Å²) < 4.78 is 5.19. The molecule has 0 bridgehead atoms. The third-order valence-corrected chi connectivity index (χ3v) is 3.45. The molecule has 5 nitrogen and oxygen atoms in total. The van der Waals surface area contributed by atoms with Crippen molar-refractivity contribution in [2.75, 3.05) is 12.5 Å². The highest BCUT2D eigenvalue weighted by atomic mass is 35.5. The van der Waals surface area contributed by atoms with Crippen LogP contribution >= 0.6 is 11.6 Å². The smallest absolute Gasteiger partial charge is 0.307 e. The zero-order chi connectivity index (χ0) is 16.8. The Kier molecular flexibility index (Phi) is 5.60. The number of carboxylic acids is 1. The normalized spacial score (nSPS) is 11.2. The Morgan fingerprint density at radius 2 is 2.09 bits per heavy atom. The van der Waals surface area contributed by atoms with Gasteiger partial charge >= 0.3 is 5.97 Å². The van der Waals surface area contributed by atoms with Crippen LogP contribution in [0.5, 0.6) is 5.75 Å². The fourth-order valence-electron chi connectivity index (χ4n) is 2.08. The SMILES string of the molecule is COc1ccc(/C(C)=N\Nc2cccc(Cl)c2)cc1CC(=O)O. The highest BCUT2D eigenvalue weighted by molar-refractivity contribution is 6.30. The van der Waals surface area contributed by atoms with Crippen LogP contribution in [0, 0.1) is 0 Å². The number of hydrazone groups is 1. The van der Waals surface area contributed by atoms with Gasteiger partial charge in [0.25, 0.3) is 0 Å². The summed E-state index contributed by atoms with van der Waals surface area (Å²) in [4.78, 5) is 11.0. The molecule has 0 aromatic heterocycles. The molecule has 0 atom stereocenters. The van der Waals surface area contributed by atoms with Crippen LogP contribution in [0.3, 0.4) is 0 Å². The Bertz CT molecular complexity index is 744. The molecule has 0 spiro atoms. The summed E-state index contributed by atoms with van der Waals surface area (Å²) in [5.41, 5.74) is 5.85. The molecule has 2 N–H and O–H groups in total. The van der Waals surface area contributed by atoms with Crippen molar-refractivity contribution in [1.82, 2.24) is 0 Å². The predicted octanol–water partition coefficient (Wildman–Crippen LogP) is 3.81. The Labute approximate surface area is 139 Å². The summed E-state index contributed by atoms with van der Waals surface area (Å²) in [6.45, 7) is 1.84. The first-order chi connectivity index (χ1) is 11.0. The van der Waals surface area contributed by atoms with Gasteiger partial charge in [-0.15, -0.1) is 0 Å². The standard InChI is InChI=1S/C17H17ClN2O3/c1-11(19-20-15-5-3-4-14(18)10-15)12-6-7-16(23-2)13(8-12)9-17(21)22/h3-8,10,20H,9H2,1-2H3,(H,21,22)/b19-11-. The number of hydrogen-bond donors (Lipinski definition) is 2. The first kappa shape index (κ1) is 16.8. The lowest BCUT2D eigenvalue weighted by Crippen LogP contribution is -2.05. The molecule has 2 aromatic carbocycles. The van der Waals surface area contributed by atoms with Crippen LogP contribution in [-0.4, -0.2) is 23.9 Å². The Balaban J connectivity index is 2.22. The fourth-order valence-corrected chi connectivity index (χ4v) is 2.27. The van der Waals surface area contributed by atoms with Crippen molar-refractivity contribution in [2.45, 2.75) is 13.3 Å². The summed E-state index contributed by atoms with van der Waals surface area (Å²) in [5, 5.41) is 13.9. The number of anilines is 1. The van der Waals surface area contributed by atoms with E-state index in [1.165, 1.54) is 7.11 Å². The first-order valence-electron chi connectivity index (χ1n) is 6.94. The van der Waals surface area contributed by atoms with Gasteiger partial charge in [0.1, 0.15) is 5.75 Å². The molecule has 0 heterocycles. The molecule has 0 fully saturated rings. The van der Waals surface area contributed by atoms with Gasteiger partial charge in [0.15, 0.2) is 0 Å². The van der Waals surface area contributed by atoms with Crippen molar-refractivity contribution in [3.8, 4) is 5.75 Å². The topological polar surface area (TPSA) is 70.9 Å². The van der Waals surface area contributed by atoms with Crippen LogP contribution in [0.4, 0.5) is 5.69 Å². The van der Waals surface area contributed by atoms with Gasteiger partial charge < -0.3 is 9.84 Å². The van der Waals surface area contributed by atoms with E-state index >= 15 is 0 Å². The van der Waals surface area contributed by atoms with Gasteiger partial charge in [0.05, 0.1) is 24.9 Å².